The molecule has 0 N–H and O–H groups in total. The van der Waals surface area contributed by atoms with Crippen LogP contribution in [0.4, 0.5) is 0 Å². The zero-order chi connectivity index (χ0) is 16.2. The molecule has 0 atom stereocenters. The molecule has 1 aliphatic heterocycles. The van der Waals surface area contributed by atoms with Crippen LogP contribution in [0.3, 0.4) is 0 Å². The van der Waals surface area contributed by atoms with Gasteiger partial charge in [-0.1, -0.05) is 77.1 Å². The molecule has 24 heavy (non-hydrogen) atoms. The zero-order valence-corrected chi connectivity index (χ0v) is 14.7. The summed E-state index contributed by atoms with van der Waals surface area (Å²) < 4.78 is 10.9. The topological polar surface area (TPSA) is 18.5 Å². The van der Waals surface area contributed by atoms with Crippen LogP contribution in [0.15, 0.2) is 78.9 Å². The second kappa shape index (κ2) is 6.93. The highest BCUT2D eigenvalue weighted by Gasteiger charge is 2.17. The Morgan fingerprint density at radius 2 is 1.33 bits per heavy atom. The highest BCUT2D eigenvalue weighted by molar-refractivity contribution is 6.85. The molecule has 0 saturated carbocycles. The second-order valence-electron chi connectivity index (χ2n) is 6.10. The molecule has 0 fully saturated rings. The summed E-state index contributed by atoms with van der Waals surface area (Å²) in [5, 5.41) is 3.01. The van der Waals surface area contributed by atoms with Gasteiger partial charge in [0, 0.05) is 0 Å². The fraction of sp³-hybridized carbons (Fsp3) is 0.143. The van der Waals surface area contributed by atoms with Crippen LogP contribution >= 0.6 is 0 Å². The van der Waals surface area contributed by atoms with E-state index in [1.54, 1.807) is 0 Å². The summed E-state index contributed by atoms with van der Waals surface area (Å²) in [5.74, 6) is 1.74. The van der Waals surface area contributed by atoms with Gasteiger partial charge in [-0.3, -0.25) is 0 Å². The molecule has 0 aliphatic carbocycles. The highest BCUT2D eigenvalue weighted by Crippen LogP contribution is 2.32. The maximum atomic E-state index is 5.50. The Balaban J connectivity index is 1.56. The van der Waals surface area contributed by atoms with Crippen LogP contribution in [0.2, 0.25) is 6.04 Å². The van der Waals surface area contributed by atoms with Crippen molar-refractivity contribution in [3.05, 3.63) is 84.4 Å². The number of rotatable bonds is 5. The van der Waals surface area contributed by atoms with Crippen molar-refractivity contribution in [1.29, 1.82) is 0 Å². The number of hydrogen-bond acceptors (Lipinski definition) is 2. The molecule has 1 aliphatic rings. The predicted octanol–water partition coefficient (Wildman–Crippen LogP) is 3.00. The zero-order valence-electron chi connectivity index (χ0n) is 13.5. The van der Waals surface area contributed by atoms with Gasteiger partial charge in [0.15, 0.2) is 11.5 Å². The molecule has 3 aromatic rings. The van der Waals surface area contributed by atoms with E-state index in [0.717, 1.165) is 17.9 Å². The Bertz CT molecular complexity index is 763. The van der Waals surface area contributed by atoms with Crippen molar-refractivity contribution in [2.75, 3.05) is 6.79 Å². The summed E-state index contributed by atoms with van der Waals surface area (Å²) in [4.78, 5) is 0. The number of aryl methyl sites for hydroxylation is 1. The van der Waals surface area contributed by atoms with Gasteiger partial charge in [0.05, 0.1) is 0 Å². The van der Waals surface area contributed by atoms with Gasteiger partial charge in [-0.15, -0.1) is 0 Å². The van der Waals surface area contributed by atoms with Crippen molar-refractivity contribution in [1.82, 2.24) is 0 Å². The molecule has 4 rings (SSSR count). The summed E-state index contributed by atoms with van der Waals surface area (Å²) in [6.07, 6.45) is 1.07. The summed E-state index contributed by atoms with van der Waals surface area (Å²) in [5.41, 5.74) is 1.32. The van der Waals surface area contributed by atoms with Crippen molar-refractivity contribution >= 4 is 19.2 Å². The van der Waals surface area contributed by atoms with Gasteiger partial charge in [-0.2, -0.15) is 0 Å². The Hall–Kier alpha value is -2.52. The third-order valence-electron chi connectivity index (χ3n) is 4.56. The monoisotopic (exact) mass is 332 g/mol. The van der Waals surface area contributed by atoms with Crippen molar-refractivity contribution < 1.29 is 9.47 Å². The smallest absolute Gasteiger partial charge is 0.231 e. The van der Waals surface area contributed by atoms with Crippen molar-refractivity contribution in [2.45, 2.75) is 12.5 Å². The third-order valence-corrected chi connectivity index (χ3v) is 7.81. The van der Waals surface area contributed by atoms with Gasteiger partial charge in [0.25, 0.3) is 0 Å². The Morgan fingerprint density at radius 1 is 0.708 bits per heavy atom. The Labute approximate surface area is 144 Å². The molecule has 2 nitrogen and oxygen atoms in total. The number of ether oxygens (including phenoxy) is 2. The minimum atomic E-state index is -1.21. The molecule has 3 heteroatoms. The quantitative estimate of drug-likeness (QED) is 0.669. The molecule has 0 radical (unpaired) electrons. The molecule has 120 valence electrons. The number of hydrogen-bond donors (Lipinski definition) is 0. The maximum Gasteiger partial charge on any atom is 0.231 e. The van der Waals surface area contributed by atoms with Crippen LogP contribution in [0, 0.1) is 0 Å². The first-order chi connectivity index (χ1) is 11.9. The van der Waals surface area contributed by atoms with Crippen LogP contribution in [0.25, 0.3) is 0 Å². The average Bonchev–Trinajstić information content (AvgIpc) is 3.11. The van der Waals surface area contributed by atoms with Crippen LogP contribution in [-0.4, -0.2) is 15.6 Å². The fourth-order valence-corrected chi connectivity index (χ4v) is 6.35. The van der Waals surface area contributed by atoms with Crippen molar-refractivity contribution in [3.63, 3.8) is 0 Å². The minimum absolute atomic E-state index is 0.337. The van der Waals surface area contributed by atoms with E-state index in [4.69, 9.17) is 9.47 Å². The first kappa shape index (κ1) is 15.0. The molecule has 0 bridgehead atoms. The number of fused-ring (bicyclic) bond motifs is 1. The number of benzene rings is 3. The van der Waals surface area contributed by atoms with E-state index in [2.05, 4.69) is 72.8 Å². The van der Waals surface area contributed by atoms with E-state index in [1.165, 1.54) is 22.0 Å². The van der Waals surface area contributed by atoms with Crippen molar-refractivity contribution in [2.24, 2.45) is 0 Å². The molecule has 0 spiro atoms. The van der Waals surface area contributed by atoms with E-state index in [0.29, 0.717) is 6.79 Å². The lowest BCUT2D eigenvalue weighted by molar-refractivity contribution is 0.174. The lowest BCUT2D eigenvalue weighted by Crippen LogP contribution is -2.42. The summed E-state index contributed by atoms with van der Waals surface area (Å²) in [6.45, 7) is 0.337. The second-order valence-corrected chi connectivity index (χ2v) is 9.12. The van der Waals surface area contributed by atoms with E-state index < -0.39 is 8.80 Å². The largest absolute Gasteiger partial charge is 0.454 e. The molecule has 1 heterocycles. The van der Waals surface area contributed by atoms with E-state index in [-0.39, 0.29) is 0 Å². The van der Waals surface area contributed by atoms with Gasteiger partial charge >= 0.3 is 0 Å². The van der Waals surface area contributed by atoms with Crippen LogP contribution in [0.1, 0.15) is 5.56 Å². The highest BCUT2D eigenvalue weighted by atomic mass is 28.3. The molecular formula is C21H20O2Si. The normalized spacial score (nSPS) is 12.5. The standard InChI is InChI=1S/C21H20O2Si/c1-3-7-18(8-4-1)24(19-9-5-2-6-10-19)14-13-17-11-12-20-21(15-17)23-16-22-20/h1-12,15,24H,13-14,16H2. The minimum Gasteiger partial charge on any atom is -0.454 e. The van der Waals surface area contributed by atoms with E-state index in [9.17, 15) is 0 Å². The third kappa shape index (κ3) is 3.22. The lowest BCUT2D eigenvalue weighted by Gasteiger charge is -2.16. The Kier molecular flexibility index (Phi) is 4.34. The van der Waals surface area contributed by atoms with Crippen LogP contribution in [-0.2, 0) is 6.42 Å². The van der Waals surface area contributed by atoms with Crippen LogP contribution < -0.4 is 19.8 Å². The van der Waals surface area contributed by atoms with E-state index in [1.807, 2.05) is 6.07 Å². The molecular weight excluding hydrogens is 312 g/mol. The summed E-state index contributed by atoms with van der Waals surface area (Å²) in [7, 11) is -1.21. The van der Waals surface area contributed by atoms with Crippen molar-refractivity contribution in [3.8, 4) is 11.5 Å². The van der Waals surface area contributed by atoms with Gasteiger partial charge in [-0.25, -0.2) is 0 Å². The fourth-order valence-electron chi connectivity index (χ4n) is 3.30. The van der Waals surface area contributed by atoms with Gasteiger partial charge < -0.3 is 9.47 Å². The molecule has 3 aromatic carbocycles. The summed E-state index contributed by atoms with van der Waals surface area (Å²) >= 11 is 0. The average molecular weight is 332 g/mol. The first-order valence-corrected chi connectivity index (χ1v) is 10.4. The molecule has 0 aromatic heterocycles. The van der Waals surface area contributed by atoms with Gasteiger partial charge in [0.1, 0.15) is 8.80 Å². The summed E-state index contributed by atoms with van der Waals surface area (Å²) in [6, 6.07) is 29.4. The van der Waals surface area contributed by atoms with Gasteiger partial charge in [0.2, 0.25) is 6.79 Å². The molecule has 0 saturated heterocycles. The maximum absolute atomic E-state index is 5.50. The first-order valence-electron chi connectivity index (χ1n) is 8.38. The molecule has 0 unspecified atom stereocenters. The SMILES string of the molecule is c1ccc([SiH](CCc2ccc3c(c2)OCO3)c2ccccc2)cc1. The van der Waals surface area contributed by atoms with E-state index >= 15 is 0 Å². The predicted molar refractivity (Wildman–Crippen MR) is 100 cm³/mol. The van der Waals surface area contributed by atoms with Gasteiger partial charge in [-0.05, 0) is 30.2 Å². The Morgan fingerprint density at radius 3 is 2.00 bits per heavy atom. The molecule has 0 amide bonds. The van der Waals surface area contributed by atoms with Crippen LogP contribution in [0.5, 0.6) is 11.5 Å². The lowest BCUT2D eigenvalue weighted by atomic mass is 10.1.